The van der Waals surface area contributed by atoms with Crippen LogP contribution in [0.3, 0.4) is 0 Å². The van der Waals surface area contributed by atoms with Gasteiger partial charge in [-0.2, -0.15) is 10.1 Å². The third kappa shape index (κ3) is 2.62. The molecule has 4 rings (SSSR count). The van der Waals surface area contributed by atoms with Crippen molar-refractivity contribution in [3.63, 3.8) is 0 Å². The first kappa shape index (κ1) is 15.3. The van der Waals surface area contributed by atoms with Crippen molar-refractivity contribution in [2.75, 3.05) is 25.6 Å². The van der Waals surface area contributed by atoms with Gasteiger partial charge in [0.2, 0.25) is 5.95 Å². The van der Waals surface area contributed by atoms with Crippen LogP contribution in [0.15, 0.2) is 47.5 Å². The van der Waals surface area contributed by atoms with Gasteiger partial charge >= 0.3 is 0 Å². The van der Waals surface area contributed by atoms with Gasteiger partial charge in [0.1, 0.15) is 0 Å². The number of pyridine rings is 1. The minimum Gasteiger partial charge on any atom is -0.383 e. The maximum Gasteiger partial charge on any atom is 0.267 e. The van der Waals surface area contributed by atoms with Gasteiger partial charge in [-0.1, -0.05) is 18.2 Å². The molecule has 0 bridgehead atoms. The van der Waals surface area contributed by atoms with Crippen molar-refractivity contribution in [1.29, 1.82) is 0 Å². The molecule has 2 N–H and O–H groups in total. The first-order valence-corrected chi connectivity index (χ1v) is 7.82. The van der Waals surface area contributed by atoms with Gasteiger partial charge in [0.15, 0.2) is 5.65 Å². The lowest BCUT2D eigenvalue weighted by Crippen LogP contribution is -2.20. The highest BCUT2D eigenvalue weighted by molar-refractivity contribution is 6.02. The lowest BCUT2D eigenvalue weighted by Gasteiger charge is -2.11. The standard InChI is InChI=1S/C17H16N6O2/c1-25-8-7-18-17-19-9-12-14-13(10-20-22-14)16(24)23(15(12)21-17)11-5-3-2-4-6-11/h2-6,9-10H,7-8H2,1H3,(H,20,22)(H,18,19,21). The van der Waals surface area contributed by atoms with Crippen LogP contribution in [-0.4, -0.2) is 45.0 Å². The summed E-state index contributed by atoms with van der Waals surface area (Å²) in [6.07, 6.45) is 3.22. The second-order valence-corrected chi connectivity index (χ2v) is 5.49. The van der Waals surface area contributed by atoms with Crippen molar-refractivity contribution in [3.8, 4) is 5.69 Å². The van der Waals surface area contributed by atoms with Gasteiger partial charge in [-0.05, 0) is 12.1 Å². The average molecular weight is 336 g/mol. The summed E-state index contributed by atoms with van der Waals surface area (Å²) in [5.41, 5.74) is 1.71. The number of ether oxygens (including phenoxy) is 1. The summed E-state index contributed by atoms with van der Waals surface area (Å²) in [6.45, 7) is 1.11. The number of anilines is 1. The highest BCUT2D eigenvalue weighted by atomic mass is 16.5. The maximum atomic E-state index is 13.0. The van der Waals surface area contributed by atoms with Crippen LogP contribution in [0.5, 0.6) is 0 Å². The Labute approximate surface area is 142 Å². The quantitative estimate of drug-likeness (QED) is 0.539. The topological polar surface area (TPSA) is 97.7 Å². The van der Waals surface area contributed by atoms with E-state index in [4.69, 9.17) is 4.74 Å². The molecule has 0 spiro atoms. The number of aromatic amines is 1. The molecule has 1 aromatic carbocycles. The second-order valence-electron chi connectivity index (χ2n) is 5.49. The minimum absolute atomic E-state index is 0.177. The van der Waals surface area contributed by atoms with Crippen molar-refractivity contribution in [2.24, 2.45) is 0 Å². The molecular weight excluding hydrogens is 320 g/mol. The zero-order valence-electron chi connectivity index (χ0n) is 13.6. The Bertz CT molecular complexity index is 1090. The molecular formula is C17H16N6O2. The van der Waals surface area contributed by atoms with Crippen LogP contribution in [0.25, 0.3) is 27.6 Å². The Hall–Kier alpha value is -3.26. The van der Waals surface area contributed by atoms with Crippen LogP contribution >= 0.6 is 0 Å². The highest BCUT2D eigenvalue weighted by Gasteiger charge is 2.15. The van der Waals surface area contributed by atoms with Gasteiger partial charge in [-0.15, -0.1) is 0 Å². The number of rotatable bonds is 5. The summed E-state index contributed by atoms with van der Waals surface area (Å²) in [7, 11) is 1.63. The number of methoxy groups -OCH3 is 1. The Morgan fingerprint density at radius 3 is 2.84 bits per heavy atom. The number of para-hydroxylation sites is 1. The molecule has 0 saturated carbocycles. The van der Waals surface area contributed by atoms with Crippen molar-refractivity contribution in [1.82, 2.24) is 24.7 Å². The van der Waals surface area contributed by atoms with Crippen LogP contribution < -0.4 is 10.9 Å². The van der Waals surface area contributed by atoms with Crippen LogP contribution in [0.4, 0.5) is 5.95 Å². The molecule has 0 aliphatic heterocycles. The fourth-order valence-electron chi connectivity index (χ4n) is 2.76. The minimum atomic E-state index is -0.177. The number of nitrogens with one attached hydrogen (secondary N) is 2. The molecule has 126 valence electrons. The van der Waals surface area contributed by atoms with Crippen molar-refractivity contribution in [3.05, 3.63) is 53.1 Å². The maximum absolute atomic E-state index is 13.0. The largest absolute Gasteiger partial charge is 0.383 e. The number of fused-ring (bicyclic) bond motifs is 3. The van der Waals surface area contributed by atoms with Crippen LogP contribution in [0.2, 0.25) is 0 Å². The summed E-state index contributed by atoms with van der Waals surface area (Å²) in [4.78, 5) is 21.9. The molecule has 0 aliphatic carbocycles. The molecule has 3 heterocycles. The van der Waals surface area contributed by atoms with E-state index >= 15 is 0 Å². The van der Waals surface area contributed by atoms with Gasteiger partial charge in [0, 0.05) is 19.9 Å². The second kappa shape index (κ2) is 6.33. The SMILES string of the molecule is COCCNc1ncc2c3[nH]ncc3c(=O)n(-c3ccccc3)c2n1. The monoisotopic (exact) mass is 336 g/mol. The molecule has 0 fully saturated rings. The highest BCUT2D eigenvalue weighted by Crippen LogP contribution is 2.22. The molecule has 0 amide bonds. The van der Waals surface area contributed by atoms with E-state index in [1.54, 1.807) is 17.9 Å². The van der Waals surface area contributed by atoms with Gasteiger partial charge < -0.3 is 10.1 Å². The van der Waals surface area contributed by atoms with E-state index in [9.17, 15) is 4.79 Å². The predicted molar refractivity (Wildman–Crippen MR) is 95.2 cm³/mol. The molecule has 4 aromatic rings. The summed E-state index contributed by atoms with van der Waals surface area (Å²) >= 11 is 0. The normalized spacial score (nSPS) is 11.2. The lowest BCUT2D eigenvalue weighted by molar-refractivity contribution is 0.210. The van der Waals surface area contributed by atoms with Crippen LogP contribution in [0, 0.1) is 0 Å². The fourth-order valence-corrected chi connectivity index (χ4v) is 2.76. The number of H-pyrrole nitrogens is 1. The van der Waals surface area contributed by atoms with E-state index in [-0.39, 0.29) is 5.56 Å². The average Bonchev–Trinajstić information content (AvgIpc) is 3.13. The van der Waals surface area contributed by atoms with Crippen LogP contribution in [0.1, 0.15) is 0 Å². The van der Waals surface area contributed by atoms with Gasteiger partial charge in [-0.25, -0.2) is 4.98 Å². The zero-order chi connectivity index (χ0) is 17.2. The predicted octanol–water partition coefficient (Wildman–Crippen LogP) is 1.72. The summed E-state index contributed by atoms with van der Waals surface area (Å²) in [6, 6.07) is 9.40. The lowest BCUT2D eigenvalue weighted by atomic mass is 10.2. The zero-order valence-corrected chi connectivity index (χ0v) is 13.6. The molecule has 0 radical (unpaired) electrons. The third-order valence-corrected chi connectivity index (χ3v) is 3.93. The van der Waals surface area contributed by atoms with Crippen molar-refractivity contribution >= 4 is 27.9 Å². The number of aromatic nitrogens is 5. The van der Waals surface area contributed by atoms with Gasteiger partial charge in [0.25, 0.3) is 5.56 Å². The van der Waals surface area contributed by atoms with E-state index in [0.29, 0.717) is 35.7 Å². The summed E-state index contributed by atoms with van der Waals surface area (Å²) in [5.74, 6) is 0.437. The summed E-state index contributed by atoms with van der Waals surface area (Å²) in [5, 5.41) is 11.2. The van der Waals surface area contributed by atoms with Crippen molar-refractivity contribution < 1.29 is 4.74 Å². The molecule has 0 aliphatic rings. The molecule has 0 saturated heterocycles. The number of hydrogen-bond donors (Lipinski definition) is 2. The van der Waals surface area contributed by atoms with E-state index in [1.807, 2.05) is 30.3 Å². The molecule has 8 nitrogen and oxygen atoms in total. The fraction of sp³-hybridized carbons (Fsp3) is 0.176. The number of hydrogen-bond acceptors (Lipinski definition) is 6. The number of benzene rings is 1. The Kier molecular flexibility index (Phi) is 3.87. The Morgan fingerprint density at radius 2 is 2.04 bits per heavy atom. The Balaban J connectivity index is 1.99. The van der Waals surface area contributed by atoms with E-state index in [2.05, 4.69) is 25.5 Å². The van der Waals surface area contributed by atoms with Gasteiger partial charge in [-0.3, -0.25) is 14.5 Å². The van der Waals surface area contributed by atoms with Crippen LogP contribution in [-0.2, 0) is 4.74 Å². The van der Waals surface area contributed by atoms with E-state index in [1.165, 1.54) is 6.20 Å². The smallest absolute Gasteiger partial charge is 0.267 e. The molecule has 0 unspecified atom stereocenters. The molecule has 3 aromatic heterocycles. The summed E-state index contributed by atoms with van der Waals surface area (Å²) < 4.78 is 6.60. The molecule has 0 atom stereocenters. The van der Waals surface area contributed by atoms with Crippen molar-refractivity contribution in [2.45, 2.75) is 0 Å². The van der Waals surface area contributed by atoms with E-state index in [0.717, 1.165) is 11.1 Å². The first-order chi connectivity index (χ1) is 12.3. The Morgan fingerprint density at radius 1 is 1.20 bits per heavy atom. The first-order valence-electron chi connectivity index (χ1n) is 7.82. The molecule has 8 heteroatoms. The molecule has 25 heavy (non-hydrogen) atoms. The third-order valence-electron chi connectivity index (χ3n) is 3.93. The van der Waals surface area contributed by atoms with E-state index < -0.39 is 0 Å². The number of nitrogens with zero attached hydrogens (tertiary/aromatic N) is 4. The van der Waals surface area contributed by atoms with Gasteiger partial charge in [0.05, 0.1) is 34.8 Å².